The monoisotopic (exact) mass is 239 g/mol. The summed E-state index contributed by atoms with van der Waals surface area (Å²) < 4.78 is 0. The number of carbonyl (C=O) groups is 1. The number of aliphatic carboxylic acids is 1. The molecule has 1 N–H and O–H groups in total. The number of rotatable bonds is 4. The molecule has 2 heterocycles. The van der Waals surface area contributed by atoms with Gasteiger partial charge in [0.25, 0.3) is 0 Å². The van der Waals surface area contributed by atoms with Crippen LogP contribution < -0.4 is 0 Å². The zero-order chi connectivity index (χ0) is 11.5. The summed E-state index contributed by atoms with van der Waals surface area (Å²) in [6.07, 6.45) is 1.03. The average Bonchev–Trinajstić information content (AvgIpc) is 2.83. The van der Waals surface area contributed by atoms with Gasteiger partial charge in [0.05, 0.1) is 5.92 Å². The lowest BCUT2D eigenvalue weighted by atomic mass is 9.99. The average molecular weight is 239 g/mol. The normalized spacial score (nSPS) is 26.1. The van der Waals surface area contributed by atoms with Gasteiger partial charge in [-0.25, -0.2) is 0 Å². The minimum Gasteiger partial charge on any atom is -0.481 e. The lowest BCUT2D eigenvalue weighted by molar-refractivity contribution is -0.142. The number of thiophene rings is 1. The van der Waals surface area contributed by atoms with E-state index in [-0.39, 0.29) is 11.8 Å². The largest absolute Gasteiger partial charge is 0.481 e. The number of likely N-dealkylation sites (tertiary alicyclic amines) is 1. The van der Waals surface area contributed by atoms with Crippen LogP contribution in [0.2, 0.25) is 0 Å². The topological polar surface area (TPSA) is 40.5 Å². The molecule has 0 spiro atoms. The first-order chi connectivity index (χ1) is 7.66. The molecular formula is C12H17NO2S. The van der Waals surface area contributed by atoms with Gasteiger partial charge in [-0.05, 0) is 34.7 Å². The molecule has 3 nitrogen and oxygen atoms in total. The lowest BCUT2D eigenvalue weighted by Gasteiger charge is -2.14. The molecule has 2 rings (SSSR count). The van der Waals surface area contributed by atoms with Crippen molar-refractivity contribution in [2.75, 3.05) is 19.6 Å². The fraction of sp³-hybridized carbons (Fsp3) is 0.583. The summed E-state index contributed by atoms with van der Waals surface area (Å²) in [6, 6.07) is 2.14. The van der Waals surface area contributed by atoms with Gasteiger partial charge in [-0.3, -0.25) is 4.79 Å². The van der Waals surface area contributed by atoms with Crippen molar-refractivity contribution in [3.05, 3.63) is 22.4 Å². The van der Waals surface area contributed by atoms with Gasteiger partial charge in [-0.2, -0.15) is 11.3 Å². The van der Waals surface area contributed by atoms with Crippen LogP contribution in [0.5, 0.6) is 0 Å². The van der Waals surface area contributed by atoms with Crippen molar-refractivity contribution in [2.24, 2.45) is 11.8 Å². The second-order valence-corrected chi connectivity index (χ2v) is 5.34. The summed E-state index contributed by atoms with van der Waals surface area (Å²) in [5, 5.41) is 13.3. The van der Waals surface area contributed by atoms with Gasteiger partial charge in [-0.15, -0.1) is 0 Å². The predicted molar refractivity (Wildman–Crippen MR) is 64.8 cm³/mol. The number of carboxylic acids is 1. The molecule has 0 bridgehead atoms. The van der Waals surface area contributed by atoms with Gasteiger partial charge in [0, 0.05) is 19.6 Å². The van der Waals surface area contributed by atoms with E-state index in [2.05, 4.69) is 21.7 Å². The molecule has 0 amide bonds. The second kappa shape index (κ2) is 4.97. The SMILES string of the molecule is CC1CN(CCc2ccsc2)CC1C(=O)O. The number of nitrogens with zero attached hydrogens (tertiary/aromatic N) is 1. The van der Waals surface area contributed by atoms with E-state index in [4.69, 9.17) is 5.11 Å². The molecule has 1 fully saturated rings. The molecule has 0 aromatic carbocycles. The maximum atomic E-state index is 11.0. The van der Waals surface area contributed by atoms with E-state index < -0.39 is 5.97 Å². The van der Waals surface area contributed by atoms with Gasteiger partial charge in [0.1, 0.15) is 0 Å². The predicted octanol–water partition coefficient (Wildman–Crippen LogP) is 1.94. The highest BCUT2D eigenvalue weighted by Crippen LogP contribution is 2.23. The van der Waals surface area contributed by atoms with E-state index in [1.54, 1.807) is 11.3 Å². The highest BCUT2D eigenvalue weighted by molar-refractivity contribution is 7.07. The van der Waals surface area contributed by atoms with Gasteiger partial charge in [0.15, 0.2) is 0 Å². The summed E-state index contributed by atoms with van der Waals surface area (Å²) in [5.41, 5.74) is 1.36. The van der Waals surface area contributed by atoms with Crippen molar-refractivity contribution in [3.8, 4) is 0 Å². The first kappa shape index (κ1) is 11.6. The third-order valence-corrected chi connectivity index (χ3v) is 4.03. The quantitative estimate of drug-likeness (QED) is 0.873. The summed E-state index contributed by atoms with van der Waals surface area (Å²) >= 11 is 1.72. The fourth-order valence-electron chi connectivity index (χ4n) is 2.29. The Morgan fingerprint density at radius 3 is 3.00 bits per heavy atom. The molecule has 0 aliphatic carbocycles. The number of hydrogen-bond acceptors (Lipinski definition) is 3. The van der Waals surface area contributed by atoms with Crippen molar-refractivity contribution >= 4 is 17.3 Å². The van der Waals surface area contributed by atoms with Gasteiger partial charge < -0.3 is 10.0 Å². The Morgan fingerprint density at radius 2 is 2.44 bits per heavy atom. The molecule has 4 heteroatoms. The third kappa shape index (κ3) is 2.62. The van der Waals surface area contributed by atoms with Crippen molar-refractivity contribution < 1.29 is 9.90 Å². The van der Waals surface area contributed by atoms with Crippen molar-refractivity contribution in [1.82, 2.24) is 4.90 Å². The van der Waals surface area contributed by atoms with Crippen LogP contribution in [0, 0.1) is 11.8 Å². The zero-order valence-electron chi connectivity index (χ0n) is 9.43. The molecule has 0 radical (unpaired) electrons. The van der Waals surface area contributed by atoms with E-state index in [9.17, 15) is 4.79 Å². The number of carboxylic acid groups (broad SMARTS) is 1. The molecule has 1 aromatic heterocycles. The van der Waals surface area contributed by atoms with Crippen LogP contribution in [-0.4, -0.2) is 35.6 Å². The maximum absolute atomic E-state index is 11.0. The lowest BCUT2D eigenvalue weighted by Crippen LogP contribution is -2.25. The van der Waals surface area contributed by atoms with Crippen LogP contribution in [0.15, 0.2) is 16.8 Å². The Morgan fingerprint density at radius 1 is 1.62 bits per heavy atom. The van der Waals surface area contributed by atoms with E-state index in [1.165, 1.54) is 5.56 Å². The van der Waals surface area contributed by atoms with E-state index in [0.29, 0.717) is 6.54 Å². The Bertz CT molecular complexity index is 350. The van der Waals surface area contributed by atoms with Crippen molar-refractivity contribution in [2.45, 2.75) is 13.3 Å². The Hall–Kier alpha value is -0.870. The van der Waals surface area contributed by atoms with Gasteiger partial charge in [-0.1, -0.05) is 6.92 Å². The smallest absolute Gasteiger partial charge is 0.308 e. The van der Waals surface area contributed by atoms with Crippen LogP contribution in [-0.2, 0) is 11.2 Å². The minimum atomic E-state index is -0.648. The Balaban J connectivity index is 1.82. The molecule has 1 aliphatic heterocycles. The second-order valence-electron chi connectivity index (χ2n) is 4.56. The number of hydrogen-bond donors (Lipinski definition) is 1. The summed E-state index contributed by atoms with van der Waals surface area (Å²) in [7, 11) is 0. The van der Waals surface area contributed by atoms with Crippen molar-refractivity contribution in [1.29, 1.82) is 0 Å². The molecule has 88 valence electrons. The molecule has 1 aromatic rings. The third-order valence-electron chi connectivity index (χ3n) is 3.30. The molecule has 1 aliphatic rings. The highest BCUT2D eigenvalue weighted by atomic mass is 32.1. The van der Waals surface area contributed by atoms with Gasteiger partial charge in [0.2, 0.25) is 0 Å². The van der Waals surface area contributed by atoms with Crippen LogP contribution in [0.3, 0.4) is 0 Å². The van der Waals surface area contributed by atoms with Gasteiger partial charge >= 0.3 is 5.97 Å². The summed E-state index contributed by atoms with van der Waals surface area (Å²) in [6.45, 7) is 4.63. The van der Waals surface area contributed by atoms with E-state index in [0.717, 1.165) is 19.5 Å². The van der Waals surface area contributed by atoms with Crippen molar-refractivity contribution in [3.63, 3.8) is 0 Å². The molecule has 1 saturated heterocycles. The zero-order valence-corrected chi connectivity index (χ0v) is 10.2. The van der Waals surface area contributed by atoms with Crippen LogP contribution >= 0.6 is 11.3 Å². The van der Waals surface area contributed by atoms with Crippen LogP contribution in [0.4, 0.5) is 0 Å². The minimum absolute atomic E-state index is 0.178. The molecule has 16 heavy (non-hydrogen) atoms. The first-order valence-corrected chi connectivity index (χ1v) is 6.57. The highest BCUT2D eigenvalue weighted by Gasteiger charge is 2.34. The van der Waals surface area contributed by atoms with E-state index >= 15 is 0 Å². The maximum Gasteiger partial charge on any atom is 0.308 e. The Labute approximate surface area is 99.7 Å². The summed E-state index contributed by atoms with van der Waals surface area (Å²) in [5.74, 6) is -0.548. The molecule has 0 saturated carbocycles. The summed E-state index contributed by atoms with van der Waals surface area (Å²) in [4.78, 5) is 13.2. The fourth-order valence-corrected chi connectivity index (χ4v) is 3.00. The van der Waals surface area contributed by atoms with E-state index in [1.807, 2.05) is 6.92 Å². The molecule has 2 unspecified atom stereocenters. The van der Waals surface area contributed by atoms with Crippen LogP contribution in [0.25, 0.3) is 0 Å². The van der Waals surface area contributed by atoms with Crippen LogP contribution in [0.1, 0.15) is 12.5 Å². The Kier molecular flexibility index (Phi) is 3.61. The first-order valence-electron chi connectivity index (χ1n) is 5.63. The molecular weight excluding hydrogens is 222 g/mol. The standard InChI is InChI=1S/C12H17NO2S/c1-9-6-13(7-11(9)12(14)15)4-2-10-3-5-16-8-10/h3,5,8-9,11H,2,4,6-7H2,1H3,(H,14,15). The molecule has 2 atom stereocenters.